The molecule has 0 unspecified atom stereocenters. The minimum Gasteiger partial charge on any atom is -0.312 e. The smallest absolute Gasteiger partial charge is 0.226 e. The molecule has 0 saturated carbocycles. The second-order valence-electron chi connectivity index (χ2n) is 3.60. The van der Waals surface area contributed by atoms with E-state index in [1.165, 1.54) is 0 Å². The lowest BCUT2D eigenvalue weighted by molar-refractivity contribution is -0.119. The number of halogens is 2. The SMILES string of the molecule is O=C1CCCCN1c1ccc(Br)c(I)c1. The van der Waals surface area contributed by atoms with Crippen LogP contribution in [0.15, 0.2) is 22.7 Å². The van der Waals surface area contributed by atoms with Crippen LogP contribution >= 0.6 is 38.5 Å². The molecule has 1 aliphatic heterocycles. The summed E-state index contributed by atoms with van der Waals surface area (Å²) in [6.07, 6.45) is 2.83. The van der Waals surface area contributed by atoms with Crippen molar-refractivity contribution < 1.29 is 4.79 Å². The van der Waals surface area contributed by atoms with E-state index in [0.29, 0.717) is 6.42 Å². The van der Waals surface area contributed by atoms with Gasteiger partial charge in [-0.3, -0.25) is 4.79 Å². The minimum absolute atomic E-state index is 0.249. The molecular weight excluding hydrogens is 369 g/mol. The highest BCUT2D eigenvalue weighted by Gasteiger charge is 2.19. The van der Waals surface area contributed by atoms with Crippen LogP contribution in [-0.4, -0.2) is 12.5 Å². The summed E-state index contributed by atoms with van der Waals surface area (Å²) in [6, 6.07) is 6.04. The van der Waals surface area contributed by atoms with Gasteiger partial charge in [0, 0.05) is 26.7 Å². The van der Waals surface area contributed by atoms with Gasteiger partial charge in [0.2, 0.25) is 5.91 Å². The van der Waals surface area contributed by atoms with Crippen LogP contribution in [0, 0.1) is 3.57 Å². The number of piperidine rings is 1. The fourth-order valence-electron chi connectivity index (χ4n) is 1.73. The van der Waals surface area contributed by atoms with Crippen LogP contribution in [0.2, 0.25) is 0 Å². The number of amides is 1. The van der Waals surface area contributed by atoms with E-state index in [0.717, 1.165) is 33.1 Å². The van der Waals surface area contributed by atoms with Gasteiger partial charge in [-0.15, -0.1) is 0 Å². The van der Waals surface area contributed by atoms with Crippen LogP contribution in [0.3, 0.4) is 0 Å². The monoisotopic (exact) mass is 379 g/mol. The van der Waals surface area contributed by atoms with Gasteiger partial charge in [0.1, 0.15) is 0 Å². The first-order valence-electron chi connectivity index (χ1n) is 4.94. The van der Waals surface area contributed by atoms with Crippen LogP contribution in [0.1, 0.15) is 19.3 Å². The normalized spacial score (nSPS) is 16.9. The van der Waals surface area contributed by atoms with E-state index < -0.39 is 0 Å². The summed E-state index contributed by atoms with van der Waals surface area (Å²) >= 11 is 5.73. The van der Waals surface area contributed by atoms with E-state index in [1.807, 2.05) is 23.1 Å². The van der Waals surface area contributed by atoms with Gasteiger partial charge in [-0.2, -0.15) is 0 Å². The van der Waals surface area contributed by atoms with E-state index in [4.69, 9.17) is 0 Å². The van der Waals surface area contributed by atoms with E-state index in [-0.39, 0.29) is 5.91 Å². The molecule has 1 aromatic rings. The van der Waals surface area contributed by atoms with E-state index in [9.17, 15) is 4.79 Å². The zero-order valence-electron chi connectivity index (χ0n) is 8.17. The van der Waals surface area contributed by atoms with Crippen molar-refractivity contribution in [3.63, 3.8) is 0 Å². The summed E-state index contributed by atoms with van der Waals surface area (Å²) < 4.78 is 2.22. The highest BCUT2D eigenvalue weighted by Crippen LogP contribution is 2.27. The van der Waals surface area contributed by atoms with Gasteiger partial charge in [-0.25, -0.2) is 0 Å². The number of hydrogen-bond donors (Lipinski definition) is 0. The molecule has 1 aromatic carbocycles. The Bertz CT molecular complexity index is 394. The van der Waals surface area contributed by atoms with Crippen molar-refractivity contribution in [2.45, 2.75) is 19.3 Å². The number of carbonyl (C=O) groups is 1. The lowest BCUT2D eigenvalue weighted by atomic mass is 10.1. The highest BCUT2D eigenvalue weighted by atomic mass is 127. The molecule has 0 atom stereocenters. The van der Waals surface area contributed by atoms with E-state index in [2.05, 4.69) is 38.5 Å². The lowest BCUT2D eigenvalue weighted by Gasteiger charge is -2.27. The lowest BCUT2D eigenvalue weighted by Crippen LogP contribution is -2.35. The summed E-state index contributed by atoms with van der Waals surface area (Å²) in [5, 5.41) is 0. The maximum absolute atomic E-state index is 11.7. The predicted octanol–water partition coefficient (Wildman–Crippen LogP) is 3.57. The molecule has 1 amide bonds. The van der Waals surface area contributed by atoms with E-state index in [1.54, 1.807) is 0 Å². The Morgan fingerprint density at radius 3 is 2.80 bits per heavy atom. The second kappa shape index (κ2) is 4.82. The topological polar surface area (TPSA) is 20.3 Å². The molecule has 0 spiro atoms. The zero-order chi connectivity index (χ0) is 10.8. The molecule has 0 N–H and O–H groups in total. The molecular formula is C11H11BrINO. The molecule has 80 valence electrons. The largest absolute Gasteiger partial charge is 0.312 e. The number of hydrogen-bond acceptors (Lipinski definition) is 1. The van der Waals surface area contributed by atoms with Crippen LogP contribution in [0.4, 0.5) is 5.69 Å². The summed E-state index contributed by atoms with van der Waals surface area (Å²) in [6.45, 7) is 0.858. The Labute approximate surface area is 111 Å². The van der Waals surface area contributed by atoms with Gasteiger partial charge in [0.25, 0.3) is 0 Å². The molecule has 1 fully saturated rings. The molecule has 1 saturated heterocycles. The van der Waals surface area contributed by atoms with Gasteiger partial charge >= 0.3 is 0 Å². The van der Waals surface area contributed by atoms with Gasteiger partial charge in [-0.1, -0.05) is 0 Å². The van der Waals surface area contributed by atoms with Crippen LogP contribution in [-0.2, 0) is 4.79 Å². The van der Waals surface area contributed by atoms with Crippen molar-refractivity contribution in [3.05, 3.63) is 26.2 Å². The summed E-state index contributed by atoms with van der Waals surface area (Å²) in [7, 11) is 0. The fourth-order valence-corrected chi connectivity index (χ4v) is 2.48. The van der Waals surface area contributed by atoms with Crippen molar-refractivity contribution in [1.82, 2.24) is 0 Å². The predicted molar refractivity (Wildman–Crippen MR) is 73.1 cm³/mol. The van der Waals surface area contributed by atoms with Crippen molar-refractivity contribution in [2.24, 2.45) is 0 Å². The van der Waals surface area contributed by atoms with Crippen LogP contribution in [0.5, 0.6) is 0 Å². The summed E-state index contributed by atoms with van der Waals surface area (Å²) in [5.74, 6) is 0.249. The van der Waals surface area contributed by atoms with Crippen LogP contribution in [0.25, 0.3) is 0 Å². The Morgan fingerprint density at radius 1 is 1.33 bits per heavy atom. The van der Waals surface area contributed by atoms with Crippen molar-refractivity contribution >= 4 is 50.1 Å². The summed E-state index contributed by atoms with van der Waals surface area (Å²) in [5.41, 5.74) is 1.02. The molecule has 0 aromatic heterocycles. The molecule has 1 heterocycles. The van der Waals surface area contributed by atoms with Gasteiger partial charge in [-0.05, 0) is 69.6 Å². The Hall–Kier alpha value is -0.100. The highest BCUT2D eigenvalue weighted by molar-refractivity contribution is 14.1. The third-order valence-corrected chi connectivity index (χ3v) is 4.86. The van der Waals surface area contributed by atoms with Crippen molar-refractivity contribution in [1.29, 1.82) is 0 Å². The number of rotatable bonds is 1. The van der Waals surface area contributed by atoms with Crippen molar-refractivity contribution in [2.75, 3.05) is 11.4 Å². The first kappa shape index (κ1) is 11.4. The van der Waals surface area contributed by atoms with Crippen molar-refractivity contribution in [3.8, 4) is 0 Å². The number of nitrogens with zero attached hydrogens (tertiary/aromatic N) is 1. The molecule has 1 aliphatic rings. The molecule has 2 rings (SSSR count). The molecule has 2 nitrogen and oxygen atoms in total. The zero-order valence-corrected chi connectivity index (χ0v) is 11.9. The van der Waals surface area contributed by atoms with Gasteiger partial charge in [0.05, 0.1) is 0 Å². The first-order chi connectivity index (χ1) is 7.18. The van der Waals surface area contributed by atoms with Gasteiger partial charge < -0.3 is 4.90 Å². The number of anilines is 1. The first-order valence-corrected chi connectivity index (χ1v) is 6.81. The Balaban J connectivity index is 2.28. The third kappa shape index (κ3) is 2.53. The average molecular weight is 380 g/mol. The standard InChI is InChI=1S/C11H11BrINO/c12-9-5-4-8(7-10(9)13)14-6-2-1-3-11(14)15/h4-5,7H,1-3,6H2. The van der Waals surface area contributed by atoms with Gasteiger partial charge in [0.15, 0.2) is 0 Å². The summed E-state index contributed by atoms with van der Waals surface area (Å²) in [4.78, 5) is 13.6. The quantitative estimate of drug-likeness (QED) is 0.683. The van der Waals surface area contributed by atoms with E-state index >= 15 is 0 Å². The number of carbonyl (C=O) groups excluding carboxylic acids is 1. The molecule has 4 heteroatoms. The maximum Gasteiger partial charge on any atom is 0.226 e. The average Bonchev–Trinajstić information content (AvgIpc) is 2.23. The Kier molecular flexibility index (Phi) is 3.66. The molecule has 0 bridgehead atoms. The second-order valence-corrected chi connectivity index (χ2v) is 5.62. The minimum atomic E-state index is 0.249. The van der Waals surface area contributed by atoms with Crippen LogP contribution < -0.4 is 4.90 Å². The fraction of sp³-hybridized carbons (Fsp3) is 0.364. The molecule has 0 aliphatic carbocycles. The maximum atomic E-state index is 11.7. The third-order valence-electron chi connectivity index (χ3n) is 2.54. The molecule has 15 heavy (non-hydrogen) atoms. The Morgan fingerprint density at radius 2 is 2.13 bits per heavy atom. The molecule has 0 radical (unpaired) electrons. The number of benzene rings is 1.